The van der Waals surface area contributed by atoms with E-state index in [0.717, 1.165) is 25.7 Å². The van der Waals surface area contributed by atoms with E-state index in [4.69, 9.17) is 0 Å². The number of hydrogen-bond donors (Lipinski definition) is 1. The van der Waals surface area contributed by atoms with Gasteiger partial charge < -0.3 is 5.32 Å². The van der Waals surface area contributed by atoms with Crippen LogP contribution in [0.4, 0.5) is 13.2 Å². The topological polar surface area (TPSA) is 29.1 Å². The van der Waals surface area contributed by atoms with Crippen LogP contribution in [0.25, 0.3) is 0 Å². The second-order valence-electron chi connectivity index (χ2n) is 5.93. The Balaban J connectivity index is 1.76. The van der Waals surface area contributed by atoms with Crippen molar-refractivity contribution in [1.29, 1.82) is 0 Å². The van der Waals surface area contributed by atoms with Gasteiger partial charge in [-0.05, 0) is 38.5 Å². The standard InChI is InChI=1S/C14H22F3NO/c15-14(16,17)11-8-6-10(7-9-11)13(19)18-12-4-2-1-3-5-12/h10-12H,1-9H2,(H,18,19). The number of hydrogen-bond acceptors (Lipinski definition) is 1. The molecule has 0 atom stereocenters. The molecule has 0 aromatic heterocycles. The highest BCUT2D eigenvalue weighted by molar-refractivity contribution is 5.79. The third-order valence-electron chi connectivity index (χ3n) is 4.51. The molecule has 0 bridgehead atoms. The van der Waals surface area contributed by atoms with E-state index in [1.165, 1.54) is 6.42 Å². The zero-order valence-corrected chi connectivity index (χ0v) is 11.1. The number of rotatable bonds is 2. The van der Waals surface area contributed by atoms with Gasteiger partial charge in [0, 0.05) is 12.0 Å². The molecule has 110 valence electrons. The summed E-state index contributed by atoms with van der Waals surface area (Å²) in [7, 11) is 0. The minimum atomic E-state index is -4.09. The van der Waals surface area contributed by atoms with Crippen LogP contribution in [0.15, 0.2) is 0 Å². The summed E-state index contributed by atoms with van der Waals surface area (Å²) in [4.78, 5) is 12.0. The molecular weight excluding hydrogens is 255 g/mol. The summed E-state index contributed by atoms with van der Waals surface area (Å²) in [5, 5.41) is 3.02. The van der Waals surface area contributed by atoms with Gasteiger partial charge in [0.25, 0.3) is 0 Å². The lowest BCUT2D eigenvalue weighted by atomic mass is 9.81. The molecule has 19 heavy (non-hydrogen) atoms. The predicted octanol–water partition coefficient (Wildman–Crippen LogP) is 3.80. The van der Waals surface area contributed by atoms with E-state index in [1.807, 2.05) is 0 Å². The van der Waals surface area contributed by atoms with Crippen LogP contribution in [0, 0.1) is 11.8 Å². The van der Waals surface area contributed by atoms with E-state index < -0.39 is 12.1 Å². The summed E-state index contributed by atoms with van der Waals surface area (Å²) in [6, 6.07) is 0.251. The number of alkyl halides is 3. The lowest BCUT2D eigenvalue weighted by Gasteiger charge is -2.31. The van der Waals surface area contributed by atoms with E-state index in [9.17, 15) is 18.0 Å². The van der Waals surface area contributed by atoms with Crippen molar-refractivity contribution < 1.29 is 18.0 Å². The maximum atomic E-state index is 12.5. The van der Waals surface area contributed by atoms with Crippen LogP contribution in [0.3, 0.4) is 0 Å². The van der Waals surface area contributed by atoms with Gasteiger partial charge in [-0.15, -0.1) is 0 Å². The van der Waals surface area contributed by atoms with Crippen LogP contribution in [0.2, 0.25) is 0 Å². The van der Waals surface area contributed by atoms with Gasteiger partial charge in [0.2, 0.25) is 5.91 Å². The van der Waals surface area contributed by atoms with Crippen molar-refractivity contribution in [3.8, 4) is 0 Å². The number of carbonyl (C=O) groups excluding carboxylic acids is 1. The minimum Gasteiger partial charge on any atom is -0.353 e. The highest BCUT2D eigenvalue weighted by Gasteiger charge is 2.42. The fourth-order valence-electron chi connectivity index (χ4n) is 3.25. The van der Waals surface area contributed by atoms with Crippen LogP contribution in [-0.4, -0.2) is 18.1 Å². The fraction of sp³-hybridized carbons (Fsp3) is 0.929. The Labute approximate surface area is 112 Å². The Hall–Kier alpha value is -0.740. The van der Waals surface area contributed by atoms with Crippen LogP contribution >= 0.6 is 0 Å². The van der Waals surface area contributed by atoms with Crippen molar-refractivity contribution in [2.45, 2.75) is 70.0 Å². The minimum absolute atomic E-state index is 0.0208. The first-order valence-electron chi connectivity index (χ1n) is 7.34. The Morgan fingerprint density at radius 3 is 2.00 bits per heavy atom. The first-order valence-corrected chi connectivity index (χ1v) is 7.34. The second-order valence-corrected chi connectivity index (χ2v) is 5.93. The van der Waals surface area contributed by atoms with Gasteiger partial charge in [0.15, 0.2) is 0 Å². The van der Waals surface area contributed by atoms with Crippen LogP contribution in [0.5, 0.6) is 0 Å². The van der Waals surface area contributed by atoms with E-state index in [0.29, 0.717) is 12.8 Å². The van der Waals surface area contributed by atoms with E-state index in [-0.39, 0.29) is 30.7 Å². The Morgan fingerprint density at radius 1 is 0.895 bits per heavy atom. The molecule has 0 aliphatic heterocycles. The summed E-state index contributed by atoms with van der Waals surface area (Å²) in [5.74, 6) is -1.43. The van der Waals surface area contributed by atoms with Crippen LogP contribution in [-0.2, 0) is 4.79 Å². The van der Waals surface area contributed by atoms with Gasteiger partial charge >= 0.3 is 6.18 Å². The summed E-state index contributed by atoms with van der Waals surface area (Å²) in [6.07, 6.45) is 2.42. The number of carbonyl (C=O) groups is 1. The monoisotopic (exact) mass is 277 g/mol. The molecule has 0 radical (unpaired) electrons. The molecule has 1 N–H and O–H groups in total. The van der Waals surface area contributed by atoms with E-state index >= 15 is 0 Å². The van der Waals surface area contributed by atoms with Crippen LogP contribution in [0.1, 0.15) is 57.8 Å². The van der Waals surface area contributed by atoms with Gasteiger partial charge in [0.1, 0.15) is 0 Å². The zero-order chi connectivity index (χ0) is 13.9. The van der Waals surface area contributed by atoms with Gasteiger partial charge in [0.05, 0.1) is 5.92 Å². The van der Waals surface area contributed by atoms with Crippen molar-refractivity contribution in [2.75, 3.05) is 0 Å². The molecule has 5 heteroatoms. The van der Waals surface area contributed by atoms with Gasteiger partial charge in [-0.3, -0.25) is 4.79 Å². The zero-order valence-electron chi connectivity index (χ0n) is 11.1. The summed E-state index contributed by atoms with van der Waals surface area (Å²) in [6.45, 7) is 0. The van der Waals surface area contributed by atoms with Crippen molar-refractivity contribution in [3.05, 3.63) is 0 Å². The molecule has 0 spiro atoms. The highest BCUT2D eigenvalue weighted by Crippen LogP contribution is 2.39. The van der Waals surface area contributed by atoms with E-state index in [2.05, 4.69) is 5.32 Å². The largest absolute Gasteiger partial charge is 0.391 e. The highest BCUT2D eigenvalue weighted by atomic mass is 19.4. The smallest absolute Gasteiger partial charge is 0.353 e. The molecule has 2 saturated carbocycles. The molecule has 2 fully saturated rings. The lowest BCUT2D eigenvalue weighted by Crippen LogP contribution is -2.41. The molecule has 2 aliphatic rings. The Kier molecular flexibility index (Phi) is 4.74. The van der Waals surface area contributed by atoms with Crippen molar-refractivity contribution in [1.82, 2.24) is 5.32 Å². The molecule has 2 nitrogen and oxygen atoms in total. The number of halogens is 3. The molecule has 1 amide bonds. The van der Waals surface area contributed by atoms with Crippen LogP contribution < -0.4 is 5.32 Å². The van der Waals surface area contributed by atoms with Gasteiger partial charge in [-0.1, -0.05) is 19.3 Å². The third-order valence-corrected chi connectivity index (χ3v) is 4.51. The summed E-state index contributed by atoms with van der Waals surface area (Å²) in [5.41, 5.74) is 0. The van der Waals surface area contributed by atoms with Crippen molar-refractivity contribution in [2.24, 2.45) is 11.8 Å². The lowest BCUT2D eigenvalue weighted by molar-refractivity contribution is -0.184. The molecule has 2 rings (SSSR count). The average molecular weight is 277 g/mol. The molecule has 0 aromatic carbocycles. The van der Waals surface area contributed by atoms with Gasteiger partial charge in [-0.25, -0.2) is 0 Å². The summed E-state index contributed by atoms with van der Waals surface area (Å²) >= 11 is 0. The van der Waals surface area contributed by atoms with E-state index in [1.54, 1.807) is 0 Å². The Bertz CT molecular complexity index is 302. The molecular formula is C14H22F3NO. The SMILES string of the molecule is O=C(NC1CCCCC1)C1CCC(C(F)(F)F)CC1. The first kappa shape index (κ1) is 14.7. The average Bonchev–Trinajstić information content (AvgIpc) is 2.39. The maximum absolute atomic E-state index is 12.5. The van der Waals surface area contributed by atoms with Gasteiger partial charge in [-0.2, -0.15) is 13.2 Å². The Morgan fingerprint density at radius 2 is 1.47 bits per heavy atom. The second kappa shape index (κ2) is 6.14. The normalized spacial score (nSPS) is 30.1. The summed E-state index contributed by atoms with van der Waals surface area (Å²) < 4.78 is 37.6. The first-order chi connectivity index (χ1) is 8.97. The molecule has 0 unspecified atom stereocenters. The van der Waals surface area contributed by atoms with Crippen molar-refractivity contribution >= 4 is 5.91 Å². The quantitative estimate of drug-likeness (QED) is 0.817. The molecule has 2 aliphatic carbocycles. The predicted molar refractivity (Wildman–Crippen MR) is 66.5 cm³/mol. The number of nitrogens with one attached hydrogen (secondary N) is 1. The molecule has 0 heterocycles. The molecule has 0 saturated heterocycles. The fourth-order valence-corrected chi connectivity index (χ4v) is 3.25. The van der Waals surface area contributed by atoms with Crippen molar-refractivity contribution in [3.63, 3.8) is 0 Å². The number of amides is 1. The third kappa shape index (κ3) is 4.11. The maximum Gasteiger partial charge on any atom is 0.391 e. The molecule has 0 aromatic rings.